The third kappa shape index (κ3) is 5.69. The van der Waals surface area contributed by atoms with Crippen molar-refractivity contribution in [2.45, 2.75) is 19.9 Å². The lowest BCUT2D eigenvalue weighted by molar-refractivity contribution is 0.463. The van der Waals surface area contributed by atoms with Gasteiger partial charge in [-0.05, 0) is 94.9 Å². The fourth-order valence-electron chi connectivity index (χ4n) is 7.49. The van der Waals surface area contributed by atoms with Gasteiger partial charge in [-0.15, -0.1) is 0 Å². The van der Waals surface area contributed by atoms with E-state index < -0.39 is 0 Å². The summed E-state index contributed by atoms with van der Waals surface area (Å²) in [6.45, 7) is 6.70. The second-order valence-electron chi connectivity index (χ2n) is 13.5. The summed E-state index contributed by atoms with van der Waals surface area (Å²) in [4.78, 5) is 9.65. The first-order valence-electron chi connectivity index (χ1n) is 17.8. The zero-order valence-electron chi connectivity index (χ0n) is 29.0. The van der Waals surface area contributed by atoms with Crippen LogP contribution in [0.3, 0.4) is 0 Å². The van der Waals surface area contributed by atoms with Crippen LogP contribution in [0.5, 0.6) is 5.75 Å². The molecule has 1 atom stereocenters. The van der Waals surface area contributed by atoms with Crippen molar-refractivity contribution in [1.29, 1.82) is 0 Å². The molecule has 250 valence electrons. The highest BCUT2D eigenvalue weighted by Crippen LogP contribution is 2.40. The first-order chi connectivity index (χ1) is 25.6. The van der Waals surface area contributed by atoms with E-state index in [0.29, 0.717) is 18.2 Å². The zero-order valence-corrected chi connectivity index (χ0v) is 29.0. The highest BCUT2D eigenvalue weighted by molar-refractivity contribution is 6.17. The quantitative estimate of drug-likeness (QED) is 0.155. The van der Waals surface area contributed by atoms with E-state index in [4.69, 9.17) is 9.73 Å². The predicted molar refractivity (Wildman–Crippen MR) is 217 cm³/mol. The average Bonchev–Trinajstić information content (AvgIpc) is 3.73. The fraction of sp³-hybridized carbons (Fsp3) is 0.0833. The Morgan fingerprint density at radius 3 is 2.17 bits per heavy atom. The molecule has 0 saturated carbocycles. The number of hydrogen-bond acceptors (Lipinski definition) is 3. The standard InChI is InChI=1S/C48H37N3O/c1-32-12-11-17-38(28-32)46(49-2)48-47(50-31-33-13-5-3-6-14-33)42-30-37(23-27-45(42)52-48)35-20-24-39(25-21-35)51-43-19-10-9-18-40(43)41-29-36(22-26-44(41)51)34-15-7-4-8-16-34/h3-11,13-30,32H,2,12,31H2,1H3/b48-46+,50-47?. The molecule has 9 rings (SSSR count). The van der Waals surface area contributed by atoms with Gasteiger partial charge in [-0.2, -0.15) is 0 Å². The van der Waals surface area contributed by atoms with Gasteiger partial charge in [0.05, 0.1) is 17.6 Å². The SMILES string of the molecule is C=N/C(C1=CC(C)CC=C1)=C1/Oc2ccc(-c3ccc(-n4c5ccccc5c5cc(-c6ccccc6)ccc54)cc3)cc2C1=NCc1ccccc1. The third-order valence-electron chi connectivity index (χ3n) is 10.1. The van der Waals surface area contributed by atoms with Gasteiger partial charge < -0.3 is 9.30 Å². The first-order valence-corrected chi connectivity index (χ1v) is 17.8. The number of benzene rings is 6. The molecule has 1 aliphatic carbocycles. The van der Waals surface area contributed by atoms with Crippen LogP contribution in [-0.4, -0.2) is 17.0 Å². The number of aromatic nitrogens is 1. The molecule has 2 aliphatic rings. The second kappa shape index (κ2) is 13.3. The Morgan fingerprint density at radius 1 is 0.712 bits per heavy atom. The van der Waals surface area contributed by atoms with Gasteiger partial charge in [0.15, 0.2) is 5.76 Å². The van der Waals surface area contributed by atoms with Crippen LogP contribution in [0.1, 0.15) is 24.5 Å². The van der Waals surface area contributed by atoms with E-state index in [1.807, 2.05) is 18.2 Å². The summed E-state index contributed by atoms with van der Waals surface area (Å²) < 4.78 is 8.93. The van der Waals surface area contributed by atoms with Gasteiger partial charge in [0, 0.05) is 22.0 Å². The van der Waals surface area contributed by atoms with Crippen molar-refractivity contribution in [2.24, 2.45) is 15.9 Å². The number of allylic oxidation sites excluding steroid dienone is 4. The molecule has 0 fully saturated rings. The van der Waals surface area contributed by atoms with Crippen molar-refractivity contribution in [1.82, 2.24) is 4.57 Å². The molecule has 7 aromatic rings. The number of ether oxygens (including phenoxy) is 1. The molecule has 2 heterocycles. The predicted octanol–water partition coefficient (Wildman–Crippen LogP) is 11.9. The number of aliphatic imine (C=N–C) groups is 2. The molecule has 1 unspecified atom stereocenters. The van der Waals surface area contributed by atoms with Gasteiger partial charge in [0.2, 0.25) is 0 Å². The molecular formula is C48H37N3O. The summed E-state index contributed by atoms with van der Waals surface area (Å²) in [5, 5.41) is 2.49. The Bertz CT molecular complexity index is 2600. The summed E-state index contributed by atoms with van der Waals surface area (Å²) >= 11 is 0. The molecule has 1 aromatic heterocycles. The minimum absolute atomic E-state index is 0.412. The number of nitrogens with zero attached hydrogens (tertiary/aromatic N) is 3. The van der Waals surface area contributed by atoms with Crippen molar-refractivity contribution in [3.63, 3.8) is 0 Å². The largest absolute Gasteiger partial charge is 0.452 e. The Kier molecular flexibility index (Phi) is 8.05. The Labute approximate surface area is 304 Å². The van der Waals surface area contributed by atoms with Crippen LogP contribution in [0.4, 0.5) is 0 Å². The molecule has 0 amide bonds. The van der Waals surface area contributed by atoms with E-state index in [9.17, 15) is 0 Å². The monoisotopic (exact) mass is 671 g/mol. The normalized spacial score (nSPS) is 16.9. The van der Waals surface area contributed by atoms with E-state index in [1.165, 1.54) is 32.9 Å². The van der Waals surface area contributed by atoms with Crippen LogP contribution < -0.4 is 4.74 Å². The summed E-state index contributed by atoms with van der Waals surface area (Å²) in [5.41, 5.74) is 12.8. The van der Waals surface area contributed by atoms with Crippen LogP contribution in [0.25, 0.3) is 49.7 Å². The van der Waals surface area contributed by atoms with E-state index >= 15 is 0 Å². The molecule has 52 heavy (non-hydrogen) atoms. The first kappa shape index (κ1) is 31.5. The summed E-state index contributed by atoms with van der Waals surface area (Å²) in [6.07, 6.45) is 7.56. The lowest BCUT2D eigenvalue weighted by atomic mass is 9.94. The van der Waals surface area contributed by atoms with Gasteiger partial charge >= 0.3 is 0 Å². The maximum atomic E-state index is 6.56. The molecule has 0 spiro atoms. The highest BCUT2D eigenvalue weighted by atomic mass is 16.5. The molecule has 4 heteroatoms. The molecule has 0 radical (unpaired) electrons. The molecule has 4 nitrogen and oxygen atoms in total. The fourth-order valence-corrected chi connectivity index (χ4v) is 7.49. The van der Waals surface area contributed by atoms with Gasteiger partial charge in [-0.3, -0.25) is 9.98 Å². The average molecular weight is 672 g/mol. The number of hydrogen-bond donors (Lipinski definition) is 0. The van der Waals surface area contributed by atoms with E-state index in [-0.39, 0.29) is 0 Å². The van der Waals surface area contributed by atoms with Crippen molar-refractivity contribution in [3.8, 4) is 33.7 Å². The van der Waals surface area contributed by atoms with Crippen LogP contribution in [-0.2, 0) is 6.54 Å². The Morgan fingerprint density at radius 2 is 1.38 bits per heavy atom. The van der Waals surface area contributed by atoms with Crippen molar-refractivity contribution >= 4 is 34.2 Å². The van der Waals surface area contributed by atoms with Gasteiger partial charge in [0.1, 0.15) is 17.2 Å². The maximum Gasteiger partial charge on any atom is 0.179 e. The summed E-state index contributed by atoms with van der Waals surface area (Å²) in [5.74, 6) is 1.84. The summed E-state index contributed by atoms with van der Waals surface area (Å²) in [6, 6.07) is 51.6. The lowest BCUT2D eigenvalue weighted by Crippen LogP contribution is -2.08. The van der Waals surface area contributed by atoms with Crippen LogP contribution in [0, 0.1) is 5.92 Å². The Balaban J connectivity index is 1.10. The smallest absolute Gasteiger partial charge is 0.179 e. The lowest BCUT2D eigenvalue weighted by Gasteiger charge is -2.14. The van der Waals surface area contributed by atoms with Crippen molar-refractivity contribution in [3.05, 3.63) is 192 Å². The molecule has 0 N–H and O–H groups in total. The molecular weight excluding hydrogens is 635 g/mol. The van der Waals surface area contributed by atoms with Crippen molar-refractivity contribution in [2.75, 3.05) is 0 Å². The number of para-hydroxylation sites is 1. The van der Waals surface area contributed by atoms with Gasteiger partial charge in [-0.25, -0.2) is 0 Å². The highest BCUT2D eigenvalue weighted by Gasteiger charge is 2.30. The number of rotatable bonds is 7. The Hall–Kier alpha value is -6.52. The minimum atomic E-state index is 0.412. The zero-order chi connectivity index (χ0) is 35.0. The van der Waals surface area contributed by atoms with E-state index in [2.05, 4.69) is 169 Å². The van der Waals surface area contributed by atoms with E-state index in [1.54, 1.807) is 0 Å². The summed E-state index contributed by atoms with van der Waals surface area (Å²) in [7, 11) is 0. The molecule has 6 aromatic carbocycles. The van der Waals surface area contributed by atoms with Crippen LogP contribution in [0.15, 0.2) is 191 Å². The maximum absolute atomic E-state index is 6.56. The topological polar surface area (TPSA) is 38.9 Å². The van der Waals surface area contributed by atoms with Gasteiger partial charge in [0.25, 0.3) is 0 Å². The van der Waals surface area contributed by atoms with Crippen LogP contribution in [0.2, 0.25) is 0 Å². The van der Waals surface area contributed by atoms with Crippen LogP contribution >= 0.6 is 0 Å². The minimum Gasteiger partial charge on any atom is -0.452 e. The number of fused-ring (bicyclic) bond motifs is 4. The second-order valence-corrected chi connectivity index (χ2v) is 13.5. The van der Waals surface area contributed by atoms with E-state index in [0.717, 1.165) is 57.1 Å². The third-order valence-corrected chi connectivity index (χ3v) is 10.1. The van der Waals surface area contributed by atoms with Gasteiger partial charge in [-0.1, -0.05) is 128 Å². The molecule has 0 bridgehead atoms. The molecule has 1 aliphatic heterocycles. The molecule has 0 saturated heterocycles. The van der Waals surface area contributed by atoms with Crippen molar-refractivity contribution < 1.29 is 4.74 Å².